The average molecular weight is 684 g/mol. The minimum atomic E-state index is -1.59. The van der Waals surface area contributed by atoms with Gasteiger partial charge in [-0.1, -0.05) is 20.8 Å². The van der Waals surface area contributed by atoms with Gasteiger partial charge in [0.25, 0.3) is 0 Å². The van der Waals surface area contributed by atoms with Crippen LogP contribution in [0.3, 0.4) is 0 Å². The van der Waals surface area contributed by atoms with Gasteiger partial charge in [0, 0.05) is 56.8 Å². The van der Waals surface area contributed by atoms with Gasteiger partial charge >= 0.3 is 29.8 Å². The predicted octanol–water partition coefficient (Wildman–Crippen LogP) is 3.40. The van der Waals surface area contributed by atoms with E-state index in [1.807, 2.05) is 6.92 Å². The van der Waals surface area contributed by atoms with Crippen LogP contribution < -0.4 is 0 Å². The minimum Gasteiger partial charge on any atom is -0.459 e. The Balaban J connectivity index is 1.56. The Hall–Kier alpha value is -3.87. The summed E-state index contributed by atoms with van der Waals surface area (Å²) in [6.45, 7) is 12.4. The lowest BCUT2D eigenvalue weighted by atomic mass is 9.42. The van der Waals surface area contributed by atoms with Gasteiger partial charge < -0.3 is 28.4 Å². The molecule has 12 atom stereocenters. The first-order chi connectivity index (χ1) is 22.9. The van der Waals surface area contributed by atoms with Gasteiger partial charge in [-0.15, -0.1) is 0 Å². The van der Waals surface area contributed by atoms with E-state index in [4.69, 9.17) is 28.4 Å². The summed E-state index contributed by atoms with van der Waals surface area (Å²) in [6, 6.07) is 3.18. The highest BCUT2D eigenvalue weighted by molar-refractivity contribution is 5.94. The standard InChI is InChI=1S/C36H45NO12/c1-17(2)30(42)47-27-23-13-33(7,48-20(5)39)25(23)28-34(8)32(45-19(4)38)36(49-21(6)40)12-18(3)26(46-31(43)22-10-9-11-37-15-22)24(36)14-35(28,16-44-34)29(27)41/h9-11,15,17-18,23-28,32H,12-14,16H2,1-8H3/t18-,23+,24-,25-,26-,27+,28-,32-,33-,34+,35+,36+/m0/s1. The van der Waals surface area contributed by atoms with Gasteiger partial charge in [-0.05, 0) is 51.2 Å². The number of carbonyl (C=O) groups excluding carboxylic acids is 6. The van der Waals surface area contributed by atoms with Crippen molar-refractivity contribution in [2.45, 2.75) is 110 Å². The number of Topliss-reactive ketones (excluding diaryl/α,β-unsaturated/α-hetero) is 1. The van der Waals surface area contributed by atoms with E-state index >= 15 is 4.79 Å². The average Bonchev–Trinajstić information content (AvgIpc) is 3.41. The molecule has 0 unspecified atom stereocenters. The molecule has 5 aliphatic rings. The molecule has 0 aromatic carbocycles. The Morgan fingerprint density at radius 3 is 2.22 bits per heavy atom. The summed E-state index contributed by atoms with van der Waals surface area (Å²) >= 11 is 0. The maximum Gasteiger partial charge on any atom is 0.339 e. The largest absolute Gasteiger partial charge is 0.459 e. The summed E-state index contributed by atoms with van der Waals surface area (Å²) in [5, 5.41) is 0. The van der Waals surface area contributed by atoms with Gasteiger partial charge in [-0.3, -0.25) is 29.0 Å². The van der Waals surface area contributed by atoms with E-state index < -0.39 is 106 Å². The number of rotatable bonds is 7. The molecule has 2 heterocycles. The van der Waals surface area contributed by atoms with Crippen molar-refractivity contribution in [3.05, 3.63) is 30.1 Å². The first-order valence-corrected chi connectivity index (χ1v) is 17.0. The number of ketones is 1. The van der Waals surface area contributed by atoms with Crippen molar-refractivity contribution >= 4 is 35.6 Å². The molecule has 1 aromatic rings. The van der Waals surface area contributed by atoms with Crippen LogP contribution in [0.25, 0.3) is 0 Å². The minimum absolute atomic E-state index is 0.0123. The maximum atomic E-state index is 15.1. The van der Waals surface area contributed by atoms with E-state index in [0.717, 1.165) is 0 Å². The summed E-state index contributed by atoms with van der Waals surface area (Å²) < 4.78 is 37.3. The molecule has 0 N–H and O–H groups in total. The zero-order valence-electron chi connectivity index (χ0n) is 29.2. The van der Waals surface area contributed by atoms with Crippen molar-refractivity contribution < 1.29 is 57.2 Å². The van der Waals surface area contributed by atoms with Crippen molar-refractivity contribution in [2.75, 3.05) is 6.61 Å². The van der Waals surface area contributed by atoms with Gasteiger partial charge in [0.05, 0.1) is 23.5 Å². The smallest absolute Gasteiger partial charge is 0.339 e. The molecule has 13 nitrogen and oxygen atoms in total. The summed E-state index contributed by atoms with van der Waals surface area (Å²) in [4.78, 5) is 84.2. The molecule has 0 spiro atoms. The number of hydrogen-bond acceptors (Lipinski definition) is 13. The quantitative estimate of drug-likeness (QED) is 0.303. The number of esters is 5. The Labute approximate surface area is 285 Å². The lowest BCUT2D eigenvalue weighted by Gasteiger charge is -2.63. The van der Waals surface area contributed by atoms with Gasteiger partial charge in [0.2, 0.25) is 0 Å². The van der Waals surface area contributed by atoms with E-state index in [0.29, 0.717) is 0 Å². The van der Waals surface area contributed by atoms with Crippen LogP contribution in [-0.2, 0) is 52.4 Å². The predicted molar refractivity (Wildman–Crippen MR) is 167 cm³/mol. The molecular formula is C36H45NO12. The van der Waals surface area contributed by atoms with Crippen LogP contribution in [0.15, 0.2) is 24.5 Å². The van der Waals surface area contributed by atoms with E-state index in [1.165, 1.54) is 33.2 Å². The molecule has 0 radical (unpaired) electrons. The van der Waals surface area contributed by atoms with Crippen molar-refractivity contribution in [2.24, 2.45) is 40.9 Å². The van der Waals surface area contributed by atoms with Crippen molar-refractivity contribution in [3.63, 3.8) is 0 Å². The highest BCUT2D eigenvalue weighted by atomic mass is 16.6. The van der Waals surface area contributed by atoms with Crippen LogP contribution in [0.1, 0.15) is 85.0 Å². The van der Waals surface area contributed by atoms with Crippen LogP contribution in [0.5, 0.6) is 0 Å². The third-order valence-corrected chi connectivity index (χ3v) is 11.8. The summed E-state index contributed by atoms with van der Waals surface area (Å²) in [6.07, 6.45) is -0.0518. The van der Waals surface area contributed by atoms with E-state index in [1.54, 1.807) is 39.8 Å². The van der Waals surface area contributed by atoms with Crippen molar-refractivity contribution in [1.82, 2.24) is 4.98 Å². The zero-order valence-corrected chi connectivity index (χ0v) is 29.2. The normalized spacial score (nSPS) is 41.6. The third kappa shape index (κ3) is 5.25. The summed E-state index contributed by atoms with van der Waals surface area (Å²) in [5.41, 5.74) is -5.31. The lowest BCUT2D eigenvalue weighted by Crippen LogP contribution is -2.73. The number of aromatic nitrogens is 1. The molecule has 4 aliphatic carbocycles. The number of nitrogens with zero attached hydrogens (tertiary/aromatic N) is 1. The molecule has 6 rings (SSSR count). The summed E-state index contributed by atoms with van der Waals surface area (Å²) in [5.74, 6) is -7.04. The van der Waals surface area contributed by atoms with E-state index in [9.17, 15) is 24.0 Å². The molecule has 13 heteroatoms. The highest BCUT2D eigenvalue weighted by Gasteiger charge is 2.83. The fourth-order valence-corrected chi connectivity index (χ4v) is 10.3. The molecule has 266 valence electrons. The second-order valence-corrected chi connectivity index (χ2v) is 15.4. The first-order valence-electron chi connectivity index (χ1n) is 17.0. The molecule has 4 saturated carbocycles. The fourth-order valence-electron chi connectivity index (χ4n) is 10.3. The second-order valence-electron chi connectivity index (χ2n) is 15.4. The molecule has 0 amide bonds. The topological polar surface area (TPSA) is 171 Å². The van der Waals surface area contributed by atoms with Crippen molar-refractivity contribution in [1.29, 1.82) is 0 Å². The SMILES string of the molecule is CC(=O)O[C@H]1[C@]2(C)OC[C@@]3(C[C@H]4[C@@H](OC(=O)c5cccnc5)[C@@H](C)C[C@@]41OC(C)=O)C(=O)[C@H](OC(=O)C(C)C)[C@@H]1C[C@](C)(OC(C)=O)[C@@H]1[C@H]32. The lowest BCUT2D eigenvalue weighted by molar-refractivity contribution is -0.260. The molecule has 1 aromatic heterocycles. The van der Waals surface area contributed by atoms with Crippen molar-refractivity contribution in [3.8, 4) is 0 Å². The highest BCUT2D eigenvalue weighted by Crippen LogP contribution is 2.72. The molecule has 5 fully saturated rings. The van der Waals surface area contributed by atoms with Crippen LogP contribution >= 0.6 is 0 Å². The number of fused-ring (bicyclic) bond motifs is 2. The Bertz CT molecular complexity index is 1580. The van der Waals surface area contributed by atoms with Gasteiger partial charge in [0.15, 0.2) is 23.6 Å². The Kier molecular flexibility index (Phi) is 8.48. The maximum absolute atomic E-state index is 15.1. The van der Waals surface area contributed by atoms with Gasteiger partial charge in [-0.25, -0.2) is 4.79 Å². The van der Waals surface area contributed by atoms with Crippen LogP contribution in [-0.4, -0.2) is 82.3 Å². The number of carbonyl (C=O) groups is 6. The number of ether oxygens (including phenoxy) is 6. The van der Waals surface area contributed by atoms with Gasteiger partial charge in [-0.2, -0.15) is 0 Å². The zero-order chi connectivity index (χ0) is 35.8. The Morgan fingerprint density at radius 1 is 0.939 bits per heavy atom. The third-order valence-electron chi connectivity index (χ3n) is 11.8. The Morgan fingerprint density at radius 2 is 1.63 bits per heavy atom. The number of pyridine rings is 1. The van der Waals surface area contributed by atoms with E-state index in [-0.39, 0.29) is 37.2 Å². The monoisotopic (exact) mass is 683 g/mol. The molecule has 1 aliphatic heterocycles. The molecule has 2 bridgehead atoms. The summed E-state index contributed by atoms with van der Waals surface area (Å²) in [7, 11) is 0. The number of hydrogen-bond donors (Lipinski definition) is 0. The first kappa shape index (κ1) is 35.0. The van der Waals surface area contributed by atoms with Crippen LogP contribution in [0.4, 0.5) is 0 Å². The van der Waals surface area contributed by atoms with Gasteiger partial charge in [0.1, 0.15) is 17.3 Å². The molecule has 1 saturated heterocycles. The van der Waals surface area contributed by atoms with Crippen LogP contribution in [0.2, 0.25) is 0 Å². The van der Waals surface area contributed by atoms with E-state index in [2.05, 4.69) is 4.98 Å². The molecule has 49 heavy (non-hydrogen) atoms. The molecular weight excluding hydrogens is 638 g/mol. The fraction of sp³-hybridized carbons (Fsp3) is 0.694. The van der Waals surface area contributed by atoms with Crippen LogP contribution in [0, 0.1) is 40.9 Å². The second kappa shape index (κ2) is 11.9.